The summed E-state index contributed by atoms with van der Waals surface area (Å²) in [6.07, 6.45) is 1.30. The molecule has 0 spiro atoms. The minimum Gasteiger partial charge on any atom is -0.434 e. The lowest BCUT2D eigenvalue weighted by Crippen LogP contribution is -2.43. The monoisotopic (exact) mass is 459 g/mol. The summed E-state index contributed by atoms with van der Waals surface area (Å²) in [5.41, 5.74) is 1.84. The fraction of sp³-hybridized carbons (Fsp3) is 0.417. The number of rotatable bonds is 6. The molecule has 0 aromatic heterocycles. The third-order valence-electron chi connectivity index (χ3n) is 5.92. The van der Waals surface area contributed by atoms with E-state index in [9.17, 15) is 18.4 Å². The van der Waals surface area contributed by atoms with E-state index in [2.05, 4.69) is 15.0 Å². The molecule has 2 saturated heterocycles. The fourth-order valence-corrected chi connectivity index (χ4v) is 4.21. The third-order valence-corrected chi connectivity index (χ3v) is 5.92. The second-order valence-corrected chi connectivity index (χ2v) is 8.10. The first-order valence-corrected chi connectivity index (χ1v) is 11.1. The van der Waals surface area contributed by atoms with Crippen LogP contribution < -0.4 is 15.0 Å². The molecule has 176 valence electrons. The number of alkyl halides is 2. The summed E-state index contributed by atoms with van der Waals surface area (Å²) < 4.78 is 35.3. The Morgan fingerprint density at radius 3 is 2.48 bits per heavy atom. The highest BCUT2D eigenvalue weighted by Gasteiger charge is 2.30. The van der Waals surface area contributed by atoms with Gasteiger partial charge >= 0.3 is 6.61 Å². The van der Waals surface area contributed by atoms with E-state index in [0.29, 0.717) is 38.3 Å². The predicted molar refractivity (Wildman–Crippen MR) is 120 cm³/mol. The average Bonchev–Trinajstić information content (AvgIpc) is 2.85. The van der Waals surface area contributed by atoms with E-state index in [-0.39, 0.29) is 29.7 Å². The topological polar surface area (TPSA) is 71.1 Å². The molecule has 2 aromatic rings. The molecular formula is C24H27F2N3O4. The van der Waals surface area contributed by atoms with Crippen molar-refractivity contribution in [2.75, 3.05) is 49.6 Å². The lowest BCUT2D eigenvalue weighted by atomic mass is 9.96. The summed E-state index contributed by atoms with van der Waals surface area (Å²) in [6, 6.07) is 13.6. The summed E-state index contributed by atoms with van der Waals surface area (Å²) in [5.74, 6) is -1.13. The number of halogens is 2. The maximum atomic E-state index is 13.0. The van der Waals surface area contributed by atoms with Gasteiger partial charge in [0.1, 0.15) is 5.75 Å². The molecule has 0 bridgehead atoms. The van der Waals surface area contributed by atoms with Crippen molar-refractivity contribution >= 4 is 23.2 Å². The molecule has 1 atom stereocenters. The van der Waals surface area contributed by atoms with Crippen molar-refractivity contribution in [1.29, 1.82) is 0 Å². The standard InChI is InChI=1S/C24H27F2N3O4/c25-24(26)33-21-6-2-1-5-20(21)23(31)29-11-3-4-17(16-29)22(30)27-18-7-9-19(10-8-18)28-12-14-32-15-13-28/h1-2,5-10,17,24H,3-4,11-16H2,(H,27,30). The van der Waals surface area contributed by atoms with Crippen LogP contribution in [0.25, 0.3) is 0 Å². The number of hydrogen-bond donors (Lipinski definition) is 1. The zero-order chi connectivity index (χ0) is 23.2. The minimum atomic E-state index is -3.02. The van der Waals surface area contributed by atoms with Gasteiger partial charge in [0.25, 0.3) is 5.91 Å². The number of nitrogens with zero attached hydrogens (tertiary/aromatic N) is 2. The molecule has 0 radical (unpaired) electrons. The Balaban J connectivity index is 1.37. The number of piperidine rings is 1. The minimum absolute atomic E-state index is 0.0672. The summed E-state index contributed by atoms with van der Waals surface area (Å²) in [4.78, 5) is 29.6. The van der Waals surface area contributed by atoms with E-state index in [4.69, 9.17) is 4.74 Å². The molecule has 2 heterocycles. The normalized spacial score (nSPS) is 18.8. The summed E-state index contributed by atoms with van der Waals surface area (Å²) >= 11 is 0. The van der Waals surface area contributed by atoms with Crippen molar-refractivity contribution in [2.45, 2.75) is 19.5 Å². The van der Waals surface area contributed by atoms with Gasteiger partial charge in [0.2, 0.25) is 5.91 Å². The van der Waals surface area contributed by atoms with Gasteiger partial charge < -0.3 is 24.6 Å². The first-order chi connectivity index (χ1) is 16.0. The van der Waals surface area contributed by atoms with Crippen LogP contribution in [-0.4, -0.2) is 62.7 Å². The van der Waals surface area contributed by atoms with Crippen LogP contribution in [0.1, 0.15) is 23.2 Å². The van der Waals surface area contributed by atoms with Crippen LogP contribution in [0.15, 0.2) is 48.5 Å². The second-order valence-electron chi connectivity index (χ2n) is 8.10. The Hall–Kier alpha value is -3.20. The van der Waals surface area contributed by atoms with E-state index in [0.717, 1.165) is 18.8 Å². The number of likely N-dealkylation sites (tertiary alicyclic amines) is 1. The third kappa shape index (κ3) is 5.78. The number of nitrogens with one attached hydrogen (secondary N) is 1. The molecule has 4 rings (SSSR count). The number of morpholine rings is 1. The Bertz CT molecular complexity index is 964. The van der Waals surface area contributed by atoms with Crippen LogP contribution in [0, 0.1) is 5.92 Å². The Kier molecular flexibility index (Phi) is 7.39. The quantitative estimate of drug-likeness (QED) is 0.715. The Morgan fingerprint density at radius 2 is 1.76 bits per heavy atom. The number of anilines is 2. The molecule has 2 amide bonds. The van der Waals surface area contributed by atoms with Crippen molar-refractivity contribution in [3.63, 3.8) is 0 Å². The molecule has 0 saturated carbocycles. The van der Waals surface area contributed by atoms with Crippen LogP contribution in [0.4, 0.5) is 20.2 Å². The van der Waals surface area contributed by atoms with Crippen molar-refractivity contribution in [3.8, 4) is 5.75 Å². The Labute approximate surface area is 191 Å². The molecule has 1 N–H and O–H groups in total. The number of carbonyl (C=O) groups excluding carboxylic acids is 2. The van der Waals surface area contributed by atoms with Gasteiger partial charge in [0.15, 0.2) is 0 Å². The summed E-state index contributed by atoms with van der Waals surface area (Å²) in [5, 5.41) is 2.93. The largest absolute Gasteiger partial charge is 0.434 e. The fourth-order valence-electron chi connectivity index (χ4n) is 4.21. The lowest BCUT2D eigenvalue weighted by molar-refractivity contribution is -0.121. The van der Waals surface area contributed by atoms with Crippen molar-refractivity contribution in [2.24, 2.45) is 5.92 Å². The second kappa shape index (κ2) is 10.6. The van der Waals surface area contributed by atoms with Gasteiger partial charge in [-0.2, -0.15) is 8.78 Å². The molecule has 33 heavy (non-hydrogen) atoms. The number of amides is 2. The number of ether oxygens (including phenoxy) is 2. The van der Waals surface area contributed by atoms with Gasteiger partial charge in [-0.15, -0.1) is 0 Å². The molecule has 9 heteroatoms. The molecule has 0 aliphatic carbocycles. The number of carbonyl (C=O) groups is 2. The zero-order valence-corrected chi connectivity index (χ0v) is 18.2. The van der Waals surface area contributed by atoms with Crippen LogP contribution in [-0.2, 0) is 9.53 Å². The van der Waals surface area contributed by atoms with Gasteiger partial charge in [-0.25, -0.2) is 0 Å². The summed E-state index contributed by atoms with van der Waals surface area (Å²) in [7, 11) is 0. The molecular weight excluding hydrogens is 432 g/mol. The molecule has 7 nitrogen and oxygen atoms in total. The maximum Gasteiger partial charge on any atom is 0.387 e. The lowest BCUT2D eigenvalue weighted by Gasteiger charge is -2.32. The highest BCUT2D eigenvalue weighted by Crippen LogP contribution is 2.26. The smallest absolute Gasteiger partial charge is 0.387 e. The number of hydrogen-bond acceptors (Lipinski definition) is 5. The maximum absolute atomic E-state index is 13.0. The first-order valence-electron chi connectivity index (χ1n) is 11.1. The van der Waals surface area contributed by atoms with E-state index in [1.807, 2.05) is 24.3 Å². The molecule has 2 aliphatic rings. The molecule has 2 fully saturated rings. The Morgan fingerprint density at radius 1 is 1.03 bits per heavy atom. The van der Waals surface area contributed by atoms with Crippen molar-refractivity contribution < 1.29 is 27.8 Å². The van der Waals surface area contributed by atoms with Crippen LogP contribution in [0.3, 0.4) is 0 Å². The highest BCUT2D eigenvalue weighted by atomic mass is 19.3. The SMILES string of the molecule is O=C(Nc1ccc(N2CCOCC2)cc1)C1CCCN(C(=O)c2ccccc2OC(F)F)C1. The van der Waals surface area contributed by atoms with Gasteiger partial charge in [-0.3, -0.25) is 9.59 Å². The van der Waals surface area contributed by atoms with Crippen molar-refractivity contribution in [3.05, 3.63) is 54.1 Å². The summed E-state index contributed by atoms with van der Waals surface area (Å²) in [6.45, 7) is 0.738. The predicted octanol–water partition coefficient (Wildman–Crippen LogP) is 3.62. The van der Waals surface area contributed by atoms with Crippen molar-refractivity contribution in [1.82, 2.24) is 4.90 Å². The van der Waals surface area contributed by atoms with E-state index in [1.165, 1.54) is 23.1 Å². The number of para-hydroxylation sites is 1. The van der Waals surface area contributed by atoms with Gasteiger partial charge in [-0.05, 0) is 49.2 Å². The first kappa shape index (κ1) is 23.0. The number of benzene rings is 2. The molecule has 2 aromatic carbocycles. The van der Waals surface area contributed by atoms with Crippen LogP contribution in [0.2, 0.25) is 0 Å². The van der Waals surface area contributed by atoms with E-state index < -0.39 is 12.5 Å². The van der Waals surface area contributed by atoms with Gasteiger partial charge in [0.05, 0.1) is 24.7 Å². The molecule has 2 aliphatic heterocycles. The van der Waals surface area contributed by atoms with E-state index in [1.54, 1.807) is 6.07 Å². The van der Waals surface area contributed by atoms with Crippen LogP contribution in [0.5, 0.6) is 5.75 Å². The average molecular weight is 459 g/mol. The van der Waals surface area contributed by atoms with Gasteiger partial charge in [-0.1, -0.05) is 12.1 Å². The highest BCUT2D eigenvalue weighted by molar-refractivity contribution is 5.98. The molecule has 1 unspecified atom stereocenters. The van der Waals surface area contributed by atoms with E-state index >= 15 is 0 Å². The zero-order valence-electron chi connectivity index (χ0n) is 18.2. The van der Waals surface area contributed by atoms with Gasteiger partial charge in [0, 0.05) is 37.6 Å². The van der Waals surface area contributed by atoms with Crippen LogP contribution >= 0.6 is 0 Å².